The Morgan fingerprint density at radius 2 is 1.45 bits per heavy atom. The molecule has 0 spiro atoms. The summed E-state index contributed by atoms with van der Waals surface area (Å²) in [7, 11) is 0. The van der Waals surface area contributed by atoms with Gasteiger partial charge in [0.15, 0.2) is 0 Å². The molecule has 0 aliphatic heterocycles. The molecule has 2 nitrogen and oxygen atoms in total. The predicted molar refractivity (Wildman–Crippen MR) is 87.9 cm³/mol. The van der Waals surface area contributed by atoms with Crippen LogP contribution in [0.3, 0.4) is 0 Å². The van der Waals surface area contributed by atoms with Crippen LogP contribution in [-0.4, -0.2) is 30.1 Å². The number of nitrogens with zero attached hydrogens (tertiary/aromatic N) is 1. The van der Waals surface area contributed by atoms with Gasteiger partial charge in [-0.1, -0.05) is 39.0 Å². The average molecular weight is 280 g/mol. The fourth-order valence-electron chi connectivity index (χ4n) is 4.41. The molecule has 0 aromatic carbocycles. The van der Waals surface area contributed by atoms with Crippen molar-refractivity contribution in [3.05, 3.63) is 0 Å². The lowest BCUT2D eigenvalue weighted by Crippen LogP contribution is -2.45. The topological polar surface area (TPSA) is 29.3 Å². The Morgan fingerprint density at radius 1 is 0.850 bits per heavy atom. The lowest BCUT2D eigenvalue weighted by molar-refractivity contribution is 0.0806. The second kappa shape index (κ2) is 9.04. The third kappa shape index (κ3) is 4.73. The van der Waals surface area contributed by atoms with Crippen LogP contribution < -0.4 is 5.73 Å². The van der Waals surface area contributed by atoms with E-state index in [1.165, 1.54) is 83.6 Å². The highest BCUT2D eigenvalue weighted by atomic mass is 15.2. The molecule has 0 unspecified atom stereocenters. The summed E-state index contributed by atoms with van der Waals surface area (Å²) in [5.41, 5.74) is 5.78. The van der Waals surface area contributed by atoms with Crippen LogP contribution >= 0.6 is 0 Å². The predicted octanol–water partition coefficient (Wildman–Crippen LogP) is 4.33. The quantitative estimate of drug-likeness (QED) is 0.734. The van der Waals surface area contributed by atoms with Crippen molar-refractivity contribution in [2.45, 2.75) is 96.1 Å². The molecule has 2 fully saturated rings. The zero-order valence-electron chi connectivity index (χ0n) is 13.7. The Bertz CT molecular complexity index is 238. The highest BCUT2D eigenvalue weighted by Gasteiger charge is 2.29. The van der Waals surface area contributed by atoms with Crippen LogP contribution in [-0.2, 0) is 0 Å². The summed E-state index contributed by atoms with van der Waals surface area (Å²) >= 11 is 0. The van der Waals surface area contributed by atoms with Crippen LogP contribution in [0.25, 0.3) is 0 Å². The van der Waals surface area contributed by atoms with Gasteiger partial charge >= 0.3 is 0 Å². The van der Waals surface area contributed by atoms with Crippen LogP contribution in [0.15, 0.2) is 0 Å². The zero-order chi connectivity index (χ0) is 14.2. The minimum atomic E-state index is 0.855. The summed E-state index contributed by atoms with van der Waals surface area (Å²) in [5, 5.41) is 0. The second-order valence-corrected chi connectivity index (χ2v) is 7.11. The molecule has 2 rings (SSSR count). The maximum Gasteiger partial charge on any atom is 0.00984 e. The van der Waals surface area contributed by atoms with Crippen molar-refractivity contribution >= 4 is 0 Å². The number of nitrogens with two attached hydrogens (primary N) is 1. The van der Waals surface area contributed by atoms with Crippen molar-refractivity contribution < 1.29 is 0 Å². The van der Waals surface area contributed by atoms with Crippen LogP contribution in [0.1, 0.15) is 84.0 Å². The van der Waals surface area contributed by atoms with E-state index in [-0.39, 0.29) is 0 Å². The van der Waals surface area contributed by atoms with Crippen molar-refractivity contribution in [2.75, 3.05) is 13.1 Å². The third-order valence-electron chi connectivity index (χ3n) is 5.78. The second-order valence-electron chi connectivity index (χ2n) is 7.11. The van der Waals surface area contributed by atoms with Crippen molar-refractivity contribution in [1.29, 1.82) is 0 Å². The Morgan fingerprint density at radius 3 is 2.00 bits per heavy atom. The molecule has 0 atom stereocenters. The van der Waals surface area contributed by atoms with E-state index in [1.54, 1.807) is 0 Å². The molecule has 2 N–H and O–H groups in total. The largest absolute Gasteiger partial charge is 0.330 e. The average Bonchev–Trinajstić information content (AvgIpc) is 2.77. The standard InChI is InChI=1S/C18H36N2/c1-2-16-10-12-18(13-11-16)20(15-7-14-19)17-8-5-3-4-6-9-17/h16-18H,2-15,19H2,1H3. The summed E-state index contributed by atoms with van der Waals surface area (Å²) in [6.07, 6.45) is 17.1. The molecular weight excluding hydrogens is 244 g/mol. The molecule has 0 heterocycles. The van der Waals surface area contributed by atoms with Gasteiger partial charge in [0, 0.05) is 12.1 Å². The van der Waals surface area contributed by atoms with Crippen LogP contribution in [0, 0.1) is 5.92 Å². The maximum atomic E-state index is 5.78. The molecule has 0 aromatic heterocycles. The molecule has 2 aliphatic rings. The fraction of sp³-hybridized carbons (Fsp3) is 1.00. The minimum Gasteiger partial charge on any atom is -0.330 e. The van der Waals surface area contributed by atoms with Gasteiger partial charge in [-0.15, -0.1) is 0 Å². The highest BCUT2D eigenvalue weighted by Crippen LogP contribution is 2.33. The van der Waals surface area contributed by atoms with Crippen molar-refractivity contribution in [3.63, 3.8) is 0 Å². The van der Waals surface area contributed by atoms with Crippen molar-refractivity contribution in [1.82, 2.24) is 4.90 Å². The van der Waals surface area contributed by atoms with E-state index in [9.17, 15) is 0 Å². The summed E-state index contributed by atoms with van der Waals surface area (Å²) in [4.78, 5) is 2.89. The molecule has 20 heavy (non-hydrogen) atoms. The first-order valence-electron chi connectivity index (χ1n) is 9.31. The van der Waals surface area contributed by atoms with Crippen molar-refractivity contribution in [2.24, 2.45) is 11.7 Å². The molecule has 0 radical (unpaired) electrons. The summed E-state index contributed by atoms with van der Waals surface area (Å²) in [5.74, 6) is 1.01. The van der Waals surface area contributed by atoms with Crippen molar-refractivity contribution in [3.8, 4) is 0 Å². The smallest absolute Gasteiger partial charge is 0.00984 e. The molecule has 0 amide bonds. The number of hydrogen-bond acceptors (Lipinski definition) is 2. The molecule has 2 aliphatic carbocycles. The van der Waals surface area contributed by atoms with E-state index in [0.717, 1.165) is 24.5 Å². The molecule has 2 heteroatoms. The zero-order valence-corrected chi connectivity index (χ0v) is 13.7. The van der Waals surface area contributed by atoms with Gasteiger partial charge in [0.1, 0.15) is 0 Å². The lowest BCUT2D eigenvalue weighted by Gasteiger charge is -2.41. The summed E-state index contributed by atoms with van der Waals surface area (Å²) in [6.45, 7) is 4.47. The molecule has 118 valence electrons. The first-order valence-corrected chi connectivity index (χ1v) is 9.31. The normalized spacial score (nSPS) is 29.6. The van der Waals surface area contributed by atoms with Gasteiger partial charge in [-0.3, -0.25) is 4.90 Å². The molecule has 2 saturated carbocycles. The Balaban J connectivity index is 1.91. The Hall–Kier alpha value is -0.0800. The monoisotopic (exact) mass is 280 g/mol. The first-order chi connectivity index (χ1) is 9.85. The fourth-order valence-corrected chi connectivity index (χ4v) is 4.41. The lowest BCUT2D eigenvalue weighted by atomic mass is 9.83. The molecule has 0 saturated heterocycles. The van der Waals surface area contributed by atoms with Gasteiger partial charge in [-0.25, -0.2) is 0 Å². The van der Waals surface area contributed by atoms with Crippen LogP contribution in [0.5, 0.6) is 0 Å². The van der Waals surface area contributed by atoms with Gasteiger partial charge in [0.2, 0.25) is 0 Å². The highest BCUT2D eigenvalue weighted by molar-refractivity contribution is 4.85. The molecule has 0 aromatic rings. The molecule has 0 bridgehead atoms. The maximum absolute atomic E-state index is 5.78. The summed E-state index contributed by atoms with van der Waals surface area (Å²) < 4.78 is 0. The van der Waals surface area contributed by atoms with E-state index in [4.69, 9.17) is 5.73 Å². The van der Waals surface area contributed by atoms with E-state index in [1.807, 2.05) is 0 Å². The minimum absolute atomic E-state index is 0.855. The van der Waals surface area contributed by atoms with Gasteiger partial charge in [0.05, 0.1) is 0 Å². The Kier molecular flexibility index (Phi) is 7.37. The van der Waals surface area contributed by atoms with E-state index in [2.05, 4.69) is 11.8 Å². The third-order valence-corrected chi connectivity index (χ3v) is 5.78. The van der Waals surface area contributed by atoms with Gasteiger partial charge in [0.25, 0.3) is 0 Å². The van der Waals surface area contributed by atoms with Crippen LogP contribution in [0.2, 0.25) is 0 Å². The number of rotatable bonds is 6. The first kappa shape index (κ1) is 16.3. The van der Waals surface area contributed by atoms with E-state index in [0.29, 0.717) is 0 Å². The van der Waals surface area contributed by atoms with E-state index < -0.39 is 0 Å². The molecular formula is C18H36N2. The van der Waals surface area contributed by atoms with E-state index >= 15 is 0 Å². The van der Waals surface area contributed by atoms with Gasteiger partial charge in [-0.2, -0.15) is 0 Å². The number of hydrogen-bond donors (Lipinski definition) is 1. The van der Waals surface area contributed by atoms with Crippen LogP contribution in [0.4, 0.5) is 0 Å². The van der Waals surface area contributed by atoms with Gasteiger partial charge < -0.3 is 5.73 Å². The Labute approximate surface area is 126 Å². The van der Waals surface area contributed by atoms with Gasteiger partial charge in [-0.05, 0) is 64.0 Å². The SMILES string of the molecule is CCC1CCC(N(CCCN)C2CCCCCC2)CC1. The summed E-state index contributed by atoms with van der Waals surface area (Å²) in [6, 6.07) is 1.74.